The van der Waals surface area contributed by atoms with Crippen LogP contribution in [0, 0.1) is 5.82 Å². The maximum absolute atomic E-state index is 12.9. The first-order valence-corrected chi connectivity index (χ1v) is 8.26. The lowest BCUT2D eigenvalue weighted by Crippen LogP contribution is -2.33. The van der Waals surface area contributed by atoms with Gasteiger partial charge in [-0.1, -0.05) is 6.07 Å². The van der Waals surface area contributed by atoms with E-state index < -0.39 is 0 Å². The lowest BCUT2D eigenvalue weighted by Gasteiger charge is -2.23. The lowest BCUT2D eigenvalue weighted by atomic mass is 9.98. The molecular formula is C17H19FN2S. The van der Waals surface area contributed by atoms with Crippen LogP contribution in [-0.4, -0.2) is 23.8 Å². The van der Waals surface area contributed by atoms with Crippen LogP contribution in [0.5, 0.6) is 0 Å². The molecule has 1 aliphatic carbocycles. The van der Waals surface area contributed by atoms with Crippen molar-refractivity contribution in [2.24, 2.45) is 0 Å². The number of nitrogens with zero attached hydrogens (tertiary/aromatic N) is 1. The molecule has 2 nitrogen and oxygen atoms in total. The van der Waals surface area contributed by atoms with E-state index in [0.29, 0.717) is 12.0 Å². The van der Waals surface area contributed by atoms with Gasteiger partial charge >= 0.3 is 0 Å². The molecule has 2 aromatic rings. The Labute approximate surface area is 129 Å². The highest BCUT2D eigenvalue weighted by atomic mass is 32.2. The van der Waals surface area contributed by atoms with E-state index in [9.17, 15) is 4.39 Å². The van der Waals surface area contributed by atoms with Crippen molar-refractivity contribution in [2.45, 2.75) is 29.7 Å². The summed E-state index contributed by atoms with van der Waals surface area (Å²) in [5, 5.41) is 3.43. The average molecular weight is 302 g/mol. The SMILES string of the molecule is CNC(CSc1ccc(F)cc1)C1CCc2cccnc21. The Kier molecular flexibility index (Phi) is 4.56. The number of aromatic nitrogens is 1. The fraction of sp³-hybridized carbons (Fsp3) is 0.353. The van der Waals surface area contributed by atoms with Gasteiger partial charge in [0, 0.05) is 34.5 Å². The van der Waals surface area contributed by atoms with Gasteiger partial charge in [-0.3, -0.25) is 4.98 Å². The Hall–Kier alpha value is -1.39. The van der Waals surface area contributed by atoms with Gasteiger partial charge in [-0.15, -0.1) is 11.8 Å². The van der Waals surface area contributed by atoms with Crippen molar-refractivity contribution < 1.29 is 4.39 Å². The highest BCUT2D eigenvalue weighted by Gasteiger charge is 2.29. The van der Waals surface area contributed by atoms with Crippen LogP contribution in [0.3, 0.4) is 0 Å². The van der Waals surface area contributed by atoms with Gasteiger partial charge in [0.05, 0.1) is 0 Å². The van der Waals surface area contributed by atoms with Gasteiger partial charge in [0.15, 0.2) is 0 Å². The van der Waals surface area contributed by atoms with Crippen LogP contribution in [0.4, 0.5) is 4.39 Å². The molecule has 0 radical (unpaired) electrons. The number of benzene rings is 1. The molecule has 4 heteroatoms. The topological polar surface area (TPSA) is 24.9 Å². The van der Waals surface area contributed by atoms with Crippen molar-refractivity contribution in [1.82, 2.24) is 10.3 Å². The van der Waals surface area contributed by atoms with Gasteiger partial charge in [-0.25, -0.2) is 4.39 Å². The van der Waals surface area contributed by atoms with Gasteiger partial charge in [0.1, 0.15) is 5.82 Å². The summed E-state index contributed by atoms with van der Waals surface area (Å²) in [6.45, 7) is 0. The zero-order valence-corrected chi connectivity index (χ0v) is 12.9. The van der Waals surface area contributed by atoms with E-state index in [0.717, 1.165) is 23.5 Å². The molecule has 1 aromatic carbocycles. The normalized spacial score (nSPS) is 18.5. The summed E-state index contributed by atoms with van der Waals surface area (Å²) >= 11 is 1.77. The monoisotopic (exact) mass is 302 g/mol. The summed E-state index contributed by atoms with van der Waals surface area (Å²) in [6.07, 6.45) is 4.16. The van der Waals surface area contributed by atoms with Crippen molar-refractivity contribution >= 4 is 11.8 Å². The second kappa shape index (κ2) is 6.58. The number of hydrogen-bond donors (Lipinski definition) is 1. The molecule has 0 amide bonds. The third kappa shape index (κ3) is 3.27. The van der Waals surface area contributed by atoms with E-state index in [1.54, 1.807) is 11.8 Å². The second-order valence-electron chi connectivity index (χ2n) is 5.35. The minimum atomic E-state index is -0.182. The molecule has 1 aliphatic rings. The zero-order chi connectivity index (χ0) is 14.7. The Morgan fingerprint density at radius 1 is 1.33 bits per heavy atom. The van der Waals surface area contributed by atoms with Crippen LogP contribution in [0.25, 0.3) is 0 Å². The predicted octanol–water partition coefficient (Wildman–Crippen LogP) is 3.63. The molecule has 110 valence electrons. The largest absolute Gasteiger partial charge is 0.315 e. The van der Waals surface area contributed by atoms with E-state index >= 15 is 0 Å². The molecule has 2 atom stereocenters. The Morgan fingerprint density at radius 3 is 2.90 bits per heavy atom. The Morgan fingerprint density at radius 2 is 2.14 bits per heavy atom. The van der Waals surface area contributed by atoms with E-state index in [2.05, 4.69) is 16.4 Å². The van der Waals surface area contributed by atoms with Gasteiger partial charge in [-0.05, 0) is 55.8 Å². The Balaban J connectivity index is 1.67. The van der Waals surface area contributed by atoms with E-state index in [1.807, 2.05) is 31.4 Å². The first-order chi connectivity index (χ1) is 10.3. The molecule has 2 unspecified atom stereocenters. The molecule has 3 rings (SSSR count). The first-order valence-electron chi connectivity index (χ1n) is 7.27. The molecule has 0 aliphatic heterocycles. The quantitative estimate of drug-likeness (QED) is 0.854. The standard InChI is InChI=1S/C17H19FN2S/c1-19-16(11-21-14-7-5-13(18)6-8-14)15-9-4-12-3-2-10-20-17(12)15/h2-3,5-8,10,15-16,19H,4,9,11H2,1H3. The number of rotatable bonds is 5. The van der Waals surface area contributed by atoms with E-state index in [4.69, 9.17) is 0 Å². The Bertz CT molecular complexity index is 600. The number of hydrogen-bond acceptors (Lipinski definition) is 3. The van der Waals surface area contributed by atoms with Gasteiger partial charge in [0.25, 0.3) is 0 Å². The third-order valence-electron chi connectivity index (χ3n) is 4.10. The number of nitrogens with one attached hydrogen (secondary N) is 1. The number of aryl methyl sites for hydroxylation is 1. The van der Waals surface area contributed by atoms with Crippen molar-refractivity contribution in [2.75, 3.05) is 12.8 Å². The fourth-order valence-corrected chi connectivity index (χ4v) is 4.05. The smallest absolute Gasteiger partial charge is 0.123 e. The minimum absolute atomic E-state index is 0.182. The van der Waals surface area contributed by atoms with Crippen molar-refractivity contribution in [3.05, 3.63) is 59.7 Å². The van der Waals surface area contributed by atoms with Crippen molar-refractivity contribution in [3.63, 3.8) is 0 Å². The summed E-state index contributed by atoms with van der Waals surface area (Å²) in [6, 6.07) is 11.3. The van der Waals surface area contributed by atoms with Gasteiger partial charge in [0.2, 0.25) is 0 Å². The number of fused-ring (bicyclic) bond motifs is 1. The van der Waals surface area contributed by atoms with Crippen LogP contribution in [0.2, 0.25) is 0 Å². The average Bonchev–Trinajstić information content (AvgIpc) is 2.94. The number of likely N-dealkylation sites (N-methyl/N-ethyl adjacent to an activating group) is 1. The first kappa shape index (κ1) is 14.5. The van der Waals surface area contributed by atoms with Crippen LogP contribution in [0.1, 0.15) is 23.6 Å². The van der Waals surface area contributed by atoms with Crippen LogP contribution >= 0.6 is 11.8 Å². The van der Waals surface area contributed by atoms with Gasteiger partial charge in [-0.2, -0.15) is 0 Å². The summed E-state index contributed by atoms with van der Waals surface area (Å²) < 4.78 is 12.9. The molecule has 0 saturated heterocycles. The molecule has 0 fully saturated rings. The number of pyridine rings is 1. The molecule has 0 bridgehead atoms. The molecular weight excluding hydrogens is 283 g/mol. The van der Waals surface area contributed by atoms with Crippen LogP contribution < -0.4 is 5.32 Å². The molecule has 1 heterocycles. The summed E-state index contributed by atoms with van der Waals surface area (Å²) in [5.74, 6) is 1.25. The predicted molar refractivity (Wildman–Crippen MR) is 85.3 cm³/mol. The van der Waals surface area contributed by atoms with Crippen molar-refractivity contribution in [3.8, 4) is 0 Å². The van der Waals surface area contributed by atoms with Crippen LogP contribution in [-0.2, 0) is 6.42 Å². The number of thioether (sulfide) groups is 1. The summed E-state index contributed by atoms with van der Waals surface area (Å²) in [5.41, 5.74) is 2.63. The van der Waals surface area contributed by atoms with E-state index in [1.165, 1.54) is 23.4 Å². The second-order valence-corrected chi connectivity index (χ2v) is 6.45. The van der Waals surface area contributed by atoms with Crippen LogP contribution in [0.15, 0.2) is 47.5 Å². The highest BCUT2D eigenvalue weighted by molar-refractivity contribution is 7.99. The minimum Gasteiger partial charge on any atom is -0.315 e. The number of halogens is 1. The lowest BCUT2D eigenvalue weighted by molar-refractivity contribution is 0.491. The molecule has 0 saturated carbocycles. The molecule has 1 N–H and O–H groups in total. The maximum atomic E-state index is 12.9. The third-order valence-corrected chi connectivity index (χ3v) is 5.23. The fourth-order valence-electron chi connectivity index (χ4n) is 2.95. The summed E-state index contributed by atoms with van der Waals surface area (Å²) in [4.78, 5) is 5.68. The highest BCUT2D eigenvalue weighted by Crippen LogP contribution is 2.35. The molecule has 1 aromatic heterocycles. The molecule has 21 heavy (non-hydrogen) atoms. The molecule has 0 spiro atoms. The zero-order valence-electron chi connectivity index (χ0n) is 12.1. The van der Waals surface area contributed by atoms with E-state index in [-0.39, 0.29) is 5.82 Å². The summed E-state index contributed by atoms with van der Waals surface area (Å²) in [7, 11) is 2.01. The van der Waals surface area contributed by atoms with Crippen molar-refractivity contribution in [1.29, 1.82) is 0 Å². The maximum Gasteiger partial charge on any atom is 0.123 e. The van der Waals surface area contributed by atoms with Gasteiger partial charge < -0.3 is 5.32 Å².